The number of unbranched alkanes of at least 4 members (excludes halogenated alkanes) is 1. The first-order valence-corrected chi connectivity index (χ1v) is 8.59. The molecule has 1 aromatic rings. The smallest absolute Gasteiger partial charge is 0.188 e. The molecule has 0 aliphatic heterocycles. The van der Waals surface area contributed by atoms with E-state index in [1.54, 1.807) is 51.1 Å². The van der Waals surface area contributed by atoms with E-state index in [4.69, 9.17) is 0 Å². The molecule has 1 unspecified atom stereocenters. The van der Waals surface area contributed by atoms with Crippen LogP contribution >= 0.6 is 0 Å². The van der Waals surface area contributed by atoms with Crippen molar-refractivity contribution >= 4 is 15.6 Å². The molecule has 4 heteroatoms. The summed E-state index contributed by atoms with van der Waals surface area (Å²) in [5.74, 6) is -0.199. The van der Waals surface area contributed by atoms with Crippen LogP contribution in [0.5, 0.6) is 0 Å². The molecule has 0 N–H and O–H groups in total. The molecule has 1 rings (SSSR count). The van der Waals surface area contributed by atoms with Crippen LogP contribution in [0.15, 0.2) is 35.2 Å². The van der Waals surface area contributed by atoms with Gasteiger partial charge in [0.2, 0.25) is 0 Å². The molecule has 0 amide bonds. The monoisotopic (exact) mass is 296 g/mol. The zero-order valence-corrected chi connectivity index (χ0v) is 13.5. The zero-order valence-electron chi connectivity index (χ0n) is 12.7. The van der Waals surface area contributed by atoms with Gasteiger partial charge in [0, 0.05) is 5.41 Å². The fraction of sp³-hybridized carbons (Fsp3) is 0.562. The summed E-state index contributed by atoms with van der Waals surface area (Å²) < 4.78 is 25.4. The number of carbonyl (C=O) groups excluding carboxylic acids is 1. The third-order valence-corrected chi connectivity index (χ3v) is 5.43. The molecule has 0 saturated heterocycles. The van der Waals surface area contributed by atoms with E-state index >= 15 is 0 Å². The van der Waals surface area contributed by atoms with Crippen LogP contribution < -0.4 is 0 Å². The van der Waals surface area contributed by atoms with Gasteiger partial charge in [-0.3, -0.25) is 4.79 Å². The van der Waals surface area contributed by atoms with Gasteiger partial charge in [-0.15, -0.1) is 0 Å². The Kier molecular flexibility index (Phi) is 5.51. The van der Waals surface area contributed by atoms with Crippen molar-refractivity contribution in [3.63, 3.8) is 0 Å². The Bertz CT molecular complexity index is 539. The lowest BCUT2D eigenvalue weighted by Gasteiger charge is -2.24. The maximum absolute atomic E-state index is 12.7. The average Bonchev–Trinajstić information content (AvgIpc) is 2.38. The van der Waals surface area contributed by atoms with Gasteiger partial charge in [0.1, 0.15) is 5.25 Å². The van der Waals surface area contributed by atoms with Gasteiger partial charge in [-0.25, -0.2) is 8.42 Å². The third kappa shape index (κ3) is 3.92. The molecular formula is C16H24O3S. The fourth-order valence-corrected chi connectivity index (χ4v) is 4.05. The number of hydrogen-bond acceptors (Lipinski definition) is 3. The normalized spacial score (nSPS) is 14.0. The van der Waals surface area contributed by atoms with Crippen molar-refractivity contribution in [2.45, 2.75) is 57.1 Å². The first kappa shape index (κ1) is 16.9. The molecule has 0 aliphatic carbocycles. The number of sulfone groups is 1. The molecule has 0 radical (unpaired) electrons. The second-order valence-corrected chi connectivity index (χ2v) is 8.23. The predicted molar refractivity (Wildman–Crippen MR) is 81.4 cm³/mol. The first-order chi connectivity index (χ1) is 9.21. The molecule has 112 valence electrons. The zero-order chi connectivity index (χ0) is 15.4. The van der Waals surface area contributed by atoms with Crippen LogP contribution in [0.2, 0.25) is 0 Å². The molecule has 0 aliphatic rings. The maximum Gasteiger partial charge on any atom is 0.188 e. The predicted octanol–water partition coefficient (Wildman–Crippen LogP) is 3.63. The molecule has 0 spiro atoms. The topological polar surface area (TPSA) is 51.2 Å². The SMILES string of the molecule is CCCCC(C(=O)C(C)(C)C)S(=O)(=O)c1ccccc1. The Morgan fingerprint density at radius 3 is 2.15 bits per heavy atom. The van der Waals surface area contributed by atoms with Crippen molar-refractivity contribution in [2.75, 3.05) is 0 Å². The summed E-state index contributed by atoms with van der Waals surface area (Å²) in [6.07, 6.45) is 2.00. The summed E-state index contributed by atoms with van der Waals surface area (Å²) in [7, 11) is -3.61. The summed E-state index contributed by atoms with van der Waals surface area (Å²) in [6, 6.07) is 8.26. The lowest BCUT2D eigenvalue weighted by Crippen LogP contribution is -2.38. The number of hydrogen-bond donors (Lipinski definition) is 0. The Morgan fingerprint density at radius 2 is 1.70 bits per heavy atom. The van der Waals surface area contributed by atoms with Gasteiger partial charge in [0.25, 0.3) is 0 Å². The van der Waals surface area contributed by atoms with E-state index in [2.05, 4.69) is 0 Å². The van der Waals surface area contributed by atoms with E-state index in [0.29, 0.717) is 6.42 Å². The molecule has 1 atom stereocenters. The molecule has 20 heavy (non-hydrogen) atoms. The Labute approximate surface area is 122 Å². The number of Topliss-reactive ketones (excluding diaryl/α,β-unsaturated/α-hetero) is 1. The number of rotatable bonds is 6. The Morgan fingerprint density at radius 1 is 1.15 bits per heavy atom. The molecule has 0 aromatic heterocycles. The summed E-state index contributed by atoms with van der Waals surface area (Å²) in [5.41, 5.74) is -0.653. The van der Waals surface area contributed by atoms with Crippen LogP contribution in [-0.2, 0) is 14.6 Å². The lowest BCUT2D eigenvalue weighted by molar-refractivity contribution is -0.126. The van der Waals surface area contributed by atoms with Crippen LogP contribution in [0.1, 0.15) is 47.0 Å². The van der Waals surface area contributed by atoms with Crippen LogP contribution in [0.3, 0.4) is 0 Å². The van der Waals surface area contributed by atoms with Gasteiger partial charge >= 0.3 is 0 Å². The molecule has 0 saturated carbocycles. The summed E-state index contributed by atoms with van der Waals surface area (Å²) in [6.45, 7) is 7.31. The van der Waals surface area contributed by atoms with E-state index in [1.165, 1.54) is 0 Å². The van der Waals surface area contributed by atoms with Crippen molar-refractivity contribution in [1.82, 2.24) is 0 Å². The van der Waals surface area contributed by atoms with E-state index in [1.807, 2.05) is 6.92 Å². The van der Waals surface area contributed by atoms with Gasteiger partial charge in [-0.1, -0.05) is 58.7 Å². The fourth-order valence-electron chi connectivity index (χ4n) is 2.07. The number of benzene rings is 1. The van der Waals surface area contributed by atoms with E-state index in [9.17, 15) is 13.2 Å². The van der Waals surface area contributed by atoms with Gasteiger partial charge in [0.15, 0.2) is 15.6 Å². The second-order valence-electron chi connectivity index (χ2n) is 6.10. The van der Waals surface area contributed by atoms with Crippen molar-refractivity contribution in [3.05, 3.63) is 30.3 Å². The lowest BCUT2D eigenvalue weighted by atomic mass is 9.87. The van der Waals surface area contributed by atoms with Gasteiger partial charge < -0.3 is 0 Å². The summed E-state index contributed by atoms with van der Waals surface area (Å²) in [5, 5.41) is -0.940. The molecule has 1 aromatic carbocycles. The summed E-state index contributed by atoms with van der Waals surface area (Å²) in [4.78, 5) is 12.7. The standard InChI is InChI=1S/C16H24O3S/c1-5-6-12-14(15(17)16(2,3)4)20(18,19)13-10-8-7-9-11-13/h7-11,14H,5-6,12H2,1-4H3. The highest BCUT2D eigenvalue weighted by Crippen LogP contribution is 2.27. The molecule has 0 heterocycles. The van der Waals surface area contributed by atoms with Gasteiger partial charge in [-0.2, -0.15) is 0 Å². The number of ketones is 1. The quantitative estimate of drug-likeness (QED) is 0.805. The van der Waals surface area contributed by atoms with Gasteiger partial charge in [0.05, 0.1) is 4.90 Å². The Balaban J connectivity index is 3.20. The minimum absolute atomic E-state index is 0.199. The summed E-state index contributed by atoms with van der Waals surface area (Å²) >= 11 is 0. The molecule has 3 nitrogen and oxygen atoms in total. The minimum atomic E-state index is -3.61. The third-order valence-electron chi connectivity index (χ3n) is 3.30. The first-order valence-electron chi connectivity index (χ1n) is 7.04. The van der Waals surface area contributed by atoms with Crippen LogP contribution in [-0.4, -0.2) is 19.5 Å². The van der Waals surface area contributed by atoms with Crippen molar-refractivity contribution in [2.24, 2.45) is 5.41 Å². The van der Waals surface area contributed by atoms with Crippen molar-refractivity contribution < 1.29 is 13.2 Å². The molecular weight excluding hydrogens is 272 g/mol. The highest BCUT2D eigenvalue weighted by atomic mass is 32.2. The van der Waals surface area contributed by atoms with Crippen LogP contribution in [0.25, 0.3) is 0 Å². The average molecular weight is 296 g/mol. The molecule has 0 fully saturated rings. The molecule has 0 bridgehead atoms. The van der Waals surface area contributed by atoms with Crippen molar-refractivity contribution in [3.8, 4) is 0 Å². The van der Waals surface area contributed by atoms with E-state index in [-0.39, 0.29) is 10.7 Å². The highest BCUT2D eigenvalue weighted by Gasteiger charge is 2.38. The second kappa shape index (κ2) is 6.53. The maximum atomic E-state index is 12.7. The Hall–Kier alpha value is -1.16. The largest absolute Gasteiger partial charge is 0.298 e. The minimum Gasteiger partial charge on any atom is -0.298 e. The van der Waals surface area contributed by atoms with Crippen LogP contribution in [0.4, 0.5) is 0 Å². The van der Waals surface area contributed by atoms with E-state index < -0.39 is 20.5 Å². The van der Waals surface area contributed by atoms with Gasteiger partial charge in [-0.05, 0) is 18.6 Å². The number of carbonyl (C=O) groups is 1. The van der Waals surface area contributed by atoms with Crippen LogP contribution in [0, 0.1) is 5.41 Å². The highest BCUT2D eigenvalue weighted by molar-refractivity contribution is 7.92. The van der Waals surface area contributed by atoms with Crippen molar-refractivity contribution in [1.29, 1.82) is 0 Å². The van der Waals surface area contributed by atoms with E-state index in [0.717, 1.165) is 12.8 Å².